The molecule has 0 saturated carbocycles. The molecular weight excluding hydrogens is 359 g/mol. The van der Waals surface area contributed by atoms with Crippen molar-refractivity contribution >= 4 is 34.0 Å². The third-order valence-electron chi connectivity index (χ3n) is 2.54. The molecule has 0 aliphatic rings. The summed E-state index contributed by atoms with van der Waals surface area (Å²) in [4.78, 5) is 10.6. The fourth-order valence-corrected chi connectivity index (χ4v) is 2.10. The van der Waals surface area contributed by atoms with Crippen molar-refractivity contribution < 1.29 is 9.66 Å². The lowest BCUT2D eigenvalue weighted by molar-refractivity contribution is -0.385. The molecule has 0 atom stereocenters. The van der Waals surface area contributed by atoms with E-state index in [2.05, 4.69) is 0 Å². The minimum Gasteiger partial charge on any atom is -0.450 e. The number of benzene rings is 2. The van der Waals surface area contributed by atoms with Crippen molar-refractivity contribution in [2.45, 2.75) is 6.92 Å². The molecule has 0 aliphatic heterocycles. The molecule has 5 nitrogen and oxygen atoms in total. The Morgan fingerprint density at radius 1 is 1.21 bits per heavy atom. The van der Waals surface area contributed by atoms with Crippen molar-refractivity contribution in [3.05, 3.63) is 55.6 Å². The minimum atomic E-state index is -0.454. The summed E-state index contributed by atoms with van der Waals surface area (Å²) in [5, 5.41) is 11.0. The fourth-order valence-electron chi connectivity index (χ4n) is 1.63. The van der Waals surface area contributed by atoms with Crippen molar-refractivity contribution in [2.24, 2.45) is 0 Å². The van der Waals surface area contributed by atoms with E-state index in [9.17, 15) is 10.1 Å². The van der Waals surface area contributed by atoms with Crippen LogP contribution in [-0.4, -0.2) is 4.92 Å². The van der Waals surface area contributed by atoms with Gasteiger partial charge in [-0.05, 0) is 65.4 Å². The molecule has 0 bridgehead atoms. The van der Waals surface area contributed by atoms with E-state index < -0.39 is 4.92 Å². The van der Waals surface area contributed by atoms with Gasteiger partial charge in [-0.1, -0.05) is 0 Å². The first-order chi connectivity index (χ1) is 8.97. The average Bonchev–Trinajstić information content (AvgIpc) is 2.34. The second-order valence-corrected chi connectivity index (χ2v) is 5.24. The molecule has 6 heteroatoms. The normalized spacial score (nSPS) is 10.2. The van der Waals surface area contributed by atoms with Crippen LogP contribution in [0.5, 0.6) is 11.5 Å². The molecule has 19 heavy (non-hydrogen) atoms. The van der Waals surface area contributed by atoms with Crippen LogP contribution in [0.3, 0.4) is 0 Å². The van der Waals surface area contributed by atoms with E-state index >= 15 is 0 Å². The van der Waals surface area contributed by atoms with Gasteiger partial charge >= 0.3 is 5.69 Å². The summed E-state index contributed by atoms with van der Waals surface area (Å²) in [6, 6.07) is 9.98. The van der Waals surface area contributed by atoms with E-state index in [1.165, 1.54) is 6.07 Å². The van der Waals surface area contributed by atoms with Gasteiger partial charge in [0, 0.05) is 15.3 Å². The molecular formula is C13H11IN2O3. The number of nitrogens with zero attached hydrogens (tertiary/aromatic N) is 1. The van der Waals surface area contributed by atoms with Crippen LogP contribution in [-0.2, 0) is 0 Å². The summed E-state index contributed by atoms with van der Waals surface area (Å²) in [7, 11) is 0. The van der Waals surface area contributed by atoms with E-state index in [0.29, 0.717) is 11.4 Å². The molecule has 2 N–H and O–H groups in total. The molecule has 0 radical (unpaired) electrons. The highest BCUT2D eigenvalue weighted by molar-refractivity contribution is 14.1. The number of aryl methyl sites for hydroxylation is 1. The molecule has 0 unspecified atom stereocenters. The van der Waals surface area contributed by atoms with Gasteiger partial charge in [0.1, 0.15) is 5.75 Å². The quantitative estimate of drug-likeness (QED) is 0.385. The van der Waals surface area contributed by atoms with Gasteiger partial charge in [0.25, 0.3) is 0 Å². The molecule has 2 rings (SSSR count). The first kappa shape index (κ1) is 13.6. The second kappa shape index (κ2) is 5.43. The predicted octanol–water partition coefficient (Wildman–Crippen LogP) is 3.88. The van der Waals surface area contributed by atoms with Gasteiger partial charge in [-0.25, -0.2) is 0 Å². The van der Waals surface area contributed by atoms with Crippen LogP contribution >= 0.6 is 22.6 Å². The van der Waals surface area contributed by atoms with E-state index in [1.54, 1.807) is 30.3 Å². The molecule has 0 aliphatic carbocycles. The van der Waals surface area contributed by atoms with Crippen molar-refractivity contribution in [2.75, 3.05) is 5.73 Å². The van der Waals surface area contributed by atoms with E-state index in [-0.39, 0.29) is 11.4 Å². The number of rotatable bonds is 3. The molecule has 0 aromatic heterocycles. The Morgan fingerprint density at radius 2 is 1.89 bits per heavy atom. The Labute approximate surface area is 123 Å². The fraction of sp³-hybridized carbons (Fsp3) is 0.0769. The highest BCUT2D eigenvalue weighted by Gasteiger charge is 2.16. The van der Waals surface area contributed by atoms with Gasteiger partial charge in [-0.15, -0.1) is 0 Å². The summed E-state index contributed by atoms with van der Waals surface area (Å²) >= 11 is 2.02. The van der Waals surface area contributed by atoms with Crippen LogP contribution in [0, 0.1) is 20.6 Å². The SMILES string of the molecule is Cc1cc(N)ccc1Oc1ccc(I)cc1[N+](=O)[O-]. The number of hydrogen-bond donors (Lipinski definition) is 1. The van der Waals surface area contributed by atoms with Crippen molar-refractivity contribution in [1.82, 2.24) is 0 Å². The Bertz CT molecular complexity index is 644. The molecule has 0 saturated heterocycles. The zero-order chi connectivity index (χ0) is 14.0. The van der Waals surface area contributed by atoms with E-state index in [0.717, 1.165) is 9.13 Å². The molecule has 2 aromatic carbocycles. The Balaban J connectivity index is 2.40. The summed E-state index contributed by atoms with van der Waals surface area (Å²) in [6.07, 6.45) is 0. The van der Waals surface area contributed by atoms with E-state index in [1.807, 2.05) is 29.5 Å². The van der Waals surface area contributed by atoms with Crippen LogP contribution in [0.1, 0.15) is 5.56 Å². The predicted molar refractivity (Wildman–Crippen MR) is 81.5 cm³/mol. The number of nitro groups is 1. The number of halogens is 1. The highest BCUT2D eigenvalue weighted by Crippen LogP contribution is 2.34. The Morgan fingerprint density at radius 3 is 2.53 bits per heavy atom. The van der Waals surface area contributed by atoms with Gasteiger partial charge in [0.2, 0.25) is 5.75 Å². The monoisotopic (exact) mass is 370 g/mol. The summed E-state index contributed by atoms with van der Waals surface area (Å²) < 4.78 is 6.39. The molecule has 2 aromatic rings. The van der Waals surface area contributed by atoms with E-state index in [4.69, 9.17) is 10.5 Å². The molecule has 98 valence electrons. The van der Waals surface area contributed by atoms with Gasteiger partial charge in [0.05, 0.1) is 4.92 Å². The lowest BCUT2D eigenvalue weighted by Crippen LogP contribution is -1.95. The van der Waals surface area contributed by atoms with Crippen molar-refractivity contribution in [3.8, 4) is 11.5 Å². The zero-order valence-corrected chi connectivity index (χ0v) is 12.2. The van der Waals surface area contributed by atoms with Crippen LogP contribution in [0.15, 0.2) is 36.4 Å². The number of hydrogen-bond acceptors (Lipinski definition) is 4. The average molecular weight is 370 g/mol. The number of nitro benzene ring substituents is 1. The Hall–Kier alpha value is -1.83. The minimum absolute atomic E-state index is 0.0527. The summed E-state index contributed by atoms with van der Waals surface area (Å²) in [5.41, 5.74) is 7.05. The maximum absolute atomic E-state index is 11.0. The zero-order valence-electron chi connectivity index (χ0n) is 10.1. The number of ether oxygens (including phenoxy) is 1. The lowest BCUT2D eigenvalue weighted by Gasteiger charge is -2.09. The standard InChI is InChI=1S/C13H11IN2O3/c1-8-6-10(15)3-5-12(8)19-13-4-2-9(14)7-11(13)16(17)18/h2-7H,15H2,1H3. The lowest BCUT2D eigenvalue weighted by atomic mass is 10.2. The van der Waals surface area contributed by atoms with Crippen LogP contribution in [0.25, 0.3) is 0 Å². The van der Waals surface area contributed by atoms with Gasteiger partial charge in [0.15, 0.2) is 0 Å². The maximum Gasteiger partial charge on any atom is 0.312 e. The second-order valence-electron chi connectivity index (χ2n) is 4.00. The largest absolute Gasteiger partial charge is 0.450 e. The first-order valence-electron chi connectivity index (χ1n) is 5.45. The smallest absolute Gasteiger partial charge is 0.312 e. The molecule has 0 heterocycles. The number of nitrogens with two attached hydrogens (primary N) is 1. The van der Waals surface area contributed by atoms with Gasteiger partial charge < -0.3 is 10.5 Å². The topological polar surface area (TPSA) is 78.4 Å². The van der Waals surface area contributed by atoms with Crippen LogP contribution in [0.4, 0.5) is 11.4 Å². The molecule has 0 spiro atoms. The van der Waals surface area contributed by atoms with Gasteiger partial charge in [-0.3, -0.25) is 10.1 Å². The Kier molecular flexibility index (Phi) is 3.89. The molecule has 0 fully saturated rings. The number of nitrogen functional groups attached to an aromatic ring is 1. The summed E-state index contributed by atoms with van der Waals surface area (Å²) in [5.74, 6) is 0.775. The molecule has 0 amide bonds. The van der Waals surface area contributed by atoms with Crippen molar-refractivity contribution in [3.63, 3.8) is 0 Å². The van der Waals surface area contributed by atoms with Crippen molar-refractivity contribution in [1.29, 1.82) is 0 Å². The number of anilines is 1. The van der Waals surface area contributed by atoms with Crippen LogP contribution in [0.2, 0.25) is 0 Å². The third kappa shape index (κ3) is 3.14. The highest BCUT2D eigenvalue weighted by atomic mass is 127. The van der Waals surface area contributed by atoms with Gasteiger partial charge in [-0.2, -0.15) is 0 Å². The third-order valence-corrected chi connectivity index (χ3v) is 3.21. The maximum atomic E-state index is 11.0. The summed E-state index contributed by atoms with van der Waals surface area (Å²) in [6.45, 7) is 1.84. The first-order valence-corrected chi connectivity index (χ1v) is 6.53. The van der Waals surface area contributed by atoms with Crippen LogP contribution < -0.4 is 10.5 Å².